The van der Waals surface area contributed by atoms with Crippen LogP contribution in [0.2, 0.25) is 0 Å². The van der Waals surface area contributed by atoms with E-state index in [1.54, 1.807) is 24.3 Å². The van der Waals surface area contributed by atoms with Crippen LogP contribution in [0.5, 0.6) is 0 Å². The summed E-state index contributed by atoms with van der Waals surface area (Å²) >= 11 is 0. The lowest BCUT2D eigenvalue weighted by Crippen LogP contribution is -2.54. The number of nitrogens with one attached hydrogen (secondary N) is 3. The van der Waals surface area contributed by atoms with E-state index in [1.165, 1.54) is 7.05 Å². The van der Waals surface area contributed by atoms with E-state index in [0.29, 0.717) is 30.6 Å². The number of benzene rings is 1. The molecule has 3 rings (SSSR count). The quantitative estimate of drug-likeness (QED) is 0.704. The third kappa shape index (κ3) is 4.86. The molecule has 1 saturated heterocycles. The lowest BCUT2D eigenvalue weighted by molar-refractivity contribution is -0.145. The number of amides is 4. The molecule has 29 heavy (non-hydrogen) atoms. The first kappa shape index (κ1) is 21.1. The number of likely N-dealkylation sites (tertiary alicyclic amines) is 1. The number of nitrogens with zero attached hydrogens (tertiary/aromatic N) is 1. The van der Waals surface area contributed by atoms with E-state index >= 15 is 0 Å². The van der Waals surface area contributed by atoms with E-state index < -0.39 is 6.67 Å². The van der Waals surface area contributed by atoms with E-state index in [4.69, 9.17) is 0 Å². The maximum atomic E-state index is 13.0. The highest BCUT2D eigenvalue weighted by molar-refractivity contribution is 5.97. The Balaban J connectivity index is 1.54. The Labute approximate surface area is 170 Å². The zero-order valence-electron chi connectivity index (χ0n) is 16.9. The van der Waals surface area contributed by atoms with Crippen molar-refractivity contribution in [1.82, 2.24) is 15.5 Å². The minimum absolute atomic E-state index is 0.00339. The zero-order valence-corrected chi connectivity index (χ0v) is 16.9. The first-order valence-corrected chi connectivity index (χ1v) is 10.2. The van der Waals surface area contributed by atoms with Gasteiger partial charge >= 0.3 is 6.03 Å². The number of urea groups is 1. The Morgan fingerprint density at radius 2 is 2.00 bits per heavy atom. The van der Waals surface area contributed by atoms with Gasteiger partial charge in [0.15, 0.2) is 0 Å². The third-order valence-corrected chi connectivity index (χ3v) is 6.04. The molecule has 2 aliphatic rings. The number of rotatable bonds is 5. The molecule has 3 N–H and O–H groups in total. The van der Waals surface area contributed by atoms with Crippen molar-refractivity contribution in [2.75, 3.05) is 25.6 Å². The second-order valence-electron chi connectivity index (χ2n) is 7.96. The van der Waals surface area contributed by atoms with Gasteiger partial charge < -0.3 is 20.9 Å². The Morgan fingerprint density at radius 1 is 1.21 bits per heavy atom. The summed E-state index contributed by atoms with van der Waals surface area (Å²) in [5.74, 6) is -0.449. The molecule has 2 fully saturated rings. The number of alkyl halides is 1. The SMILES string of the molecule is CNC(=O)Nc1cccc(C(=O)N[C@@H]2CCN(C(=O)[C@@H]3CC[C@H]3CF)[C@@H](C)C2)c1. The average molecular weight is 404 g/mol. The Hall–Kier alpha value is -2.64. The summed E-state index contributed by atoms with van der Waals surface area (Å²) in [5, 5.41) is 8.14. The van der Waals surface area contributed by atoms with Gasteiger partial charge in [0.05, 0.1) is 6.67 Å². The second-order valence-corrected chi connectivity index (χ2v) is 7.96. The molecule has 1 saturated carbocycles. The Bertz CT molecular complexity index is 770. The zero-order chi connectivity index (χ0) is 21.0. The molecule has 1 aliphatic carbocycles. The van der Waals surface area contributed by atoms with Crippen LogP contribution in [0.4, 0.5) is 14.9 Å². The number of carbonyl (C=O) groups is 3. The molecule has 7 nitrogen and oxygen atoms in total. The third-order valence-electron chi connectivity index (χ3n) is 6.04. The maximum Gasteiger partial charge on any atom is 0.318 e. The molecule has 0 radical (unpaired) electrons. The van der Waals surface area contributed by atoms with Crippen molar-refractivity contribution in [1.29, 1.82) is 0 Å². The van der Waals surface area contributed by atoms with Crippen molar-refractivity contribution in [2.45, 2.75) is 44.7 Å². The number of hydrogen-bond acceptors (Lipinski definition) is 3. The van der Waals surface area contributed by atoms with Crippen LogP contribution in [0.25, 0.3) is 0 Å². The van der Waals surface area contributed by atoms with Crippen LogP contribution in [0.15, 0.2) is 24.3 Å². The minimum Gasteiger partial charge on any atom is -0.349 e. The highest BCUT2D eigenvalue weighted by atomic mass is 19.1. The van der Waals surface area contributed by atoms with Crippen molar-refractivity contribution >= 4 is 23.5 Å². The van der Waals surface area contributed by atoms with Gasteiger partial charge in [0.1, 0.15) is 0 Å². The van der Waals surface area contributed by atoms with E-state index in [0.717, 1.165) is 12.8 Å². The number of anilines is 1. The molecular weight excluding hydrogens is 375 g/mol. The van der Waals surface area contributed by atoms with Crippen LogP contribution < -0.4 is 16.0 Å². The normalized spacial score (nSPS) is 26.2. The van der Waals surface area contributed by atoms with Crippen molar-refractivity contribution in [2.24, 2.45) is 11.8 Å². The lowest BCUT2D eigenvalue weighted by atomic mass is 9.73. The first-order chi connectivity index (χ1) is 13.9. The second kappa shape index (κ2) is 9.24. The predicted molar refractivity (Wildman–Crippen MR) is 108 cm³/mol. The number of piperidine rings is 1. The molecule has 1 aliphatic heterocycles. The van der Waals surface area contributed by atoms with Gasteiger partial charge in [0.2, 0.25) is 5.91 Å². The van der Waals surface area contributed by atoms with Gasteiger partial charge in [-0.05, 0) is 56.7 Å². The standard InChI is InChI=1S/C21H29FN4O3/c1-13-10-17(8-9-26(13)20(28)18-7-6-15(18)12-22)24-19(27)14-4-3-5-16(11-14)25-21(29)23-2/h3-5,11,13,15,17-18H,6-10,12H2,1-2H3,(H,24,27)(H2,23,25,29)/t13-,15-,17+,18+/m0/s1. The van der Waals surface area contributed by atoms with Crippen molar-refractivity contribution in [3.05, 3.63) is 29.8 Å². The molecule has 1 aromatic rings. The molecule has 0 unspecified atom stereocenters. The van der Waals surface area contributed by atoms with Crippen LogP contribution in [0, 0.1) is 11.8 Å². The van der Waals surface area contributed by atoms with Crippen LogP contribution in [0.3, 0.4) is 0 Å². The van der Waals surface area contributed by atoms with Gasteiger partial charge in [-0.25, -0.2) is 4.79 Å². The van der Waals surface area contributed by atoms with Crippen LogP contribution in [-0.4, -0.2) is 55.1 Å². The van der Waals surface area contributed by atoms with E-state index in [9.17, 15) is 18.8 Å². The Kier molecular flexibility index (Phi) is 6.71. The van der Waals surface area contributed by atoms with Gasteiger partial charge in [-0.1, -0.05) is 6.07 Å². The summed E-state index contributed by atoms with van der Waals surface area (Å²) in [5.41, 5.74) is 0.999. The monoisotopic (exact) mass is 404 g/mol. The minimum atomic E-state index is -0.425. The van der Waals surface area contributed by atoms with Crippen molar-refractivity contribution in [3.63, 3.8) is 0 Å². The molecule has 1 heterocycles. The fourth-order valence-corrected chi connectivity index (χ4v) is 4.12. The average Bonchev–Trinajstić information content (AvgIpc) is 2.67. The van der Waals surface area contributed by atoms with Crippen LogP contribution in [0.1, 0.15) is 43.0 Å². The first-order valence-electron chi connectivity index (χ1n) is 10.2. The van der Waals surface area contributed by atoms with Gasteiger partial charge in [0.25, 0.3) is 5.91 Å². The summed E-state index contributed by atoms with van der Waals surface area (Å²) in [6, 6.07) is 6.36. The maximum absolute atomic E-state index is 13.0. The molecule has 1 aromatic carbocycles. The molecule has 4 atom stereocenters. The molecule has 158 valence electrons. The van der Waals surface area contributed by atoms with Crippen LogP contribution >= 0.6 is 0 Å². The Morgan fingerprint density at radius 3 is 2.62 bits per heavy atom. The fourth-order valence-electron chi connectivity index (χ4n) is 4.12. The number of hydrogen-bond donors (Lipinski definition) is 3. The summed E-state index contributed by atoms with van der Waals surface area (Å²) in [4.78, 5) is 38.6. The summed E-state index contributed by atoms with van der Waals surface area (Å²) < 4.78 is 13.0. The molecule has 0 bridgehead atoms. The summed E-state index contributed by atoms with van der Waals surface area (Å²) in [6.07, 6.45) is 2.91. The molecule has 0 spiro atoms. The molecule has 0 aromatic heterocycles. The predicted octanol–water partition coefficient (Wildman–Crippen LogP) is 2.54. The van der Waals surface area contributed by atoms with E-state index in [1.807, 2.05) is 11.8 Å². The van der Waals surface area contributed by atoms with Crippen molar-refractivity contribution < 1.29 is 18.8 Å². The molecule has 4 amide bonds. The highest BCUT2D eigenvalue weighted by Gasteiger charge is 2.41. The molecular formula is C21H29FN4O3. The smallest absolute Gasteiger partial charge is 0.318 e. The lowest BCUT2D eigenvalue weighted by Gasteiger charge is -2.43. The van der Waals surface area contributed by atoms with E-state index in [2.05, 4.69) is 16.0 Å². The largest absolute Gasteiger partial charge is 0.349 e. The summed E-state index contributed by atoms with van der Waals surface area (Å²) in [6.45, 7) is 2.12. The van der Waals surface area contributed by atoms with Gasteiger partial charge in [-0.3, -0.25) is 14.0 Å². The number of halogens is 1. The van der Waals surface area contributed by atoms with Gasteiger partial charge in [0, 0.05) is 42.8 Å². The van der Waals surface area contributed by atoms with E-state index in [-0.39, 0.29) is 41.8 Å². The number of carbonyl (C=O) groups excluding carboxylic acids is 3. The topological polar surface area (TPSA) is 90.5 Å². The highest BCUT2D eigenvalue weighted by Crippen LogP contribution is 2.37. The fraction of sp³-hybridized carbons (Fsp3) is 0.571. The van der Waals surface area contributed by atoms with Gasteiger partial charge in [-0.15, -0.1) is 0 Å². The summed E-state index contributed by atoms with van der Waals surface area (Å²) in [7, 11) is 1.52. The van der Waals surface area contributed by atoms with Gasteiger partial charge in [-0.2, -0.15) is 0 Å². The van der Waals surface area contributed by atoms with Crippen molar-refractivity contribution in [3.8, 4) is 0 Å². The molecule has 8 heteroatoms. The van der Waals surface area contributed by atoms with Crippen LogP contribution in [-0.2, 0) is 4.79 Å².